The van der Waals surface area contributed by atoms with Gasteiger partial charge in [-0.05, 0) is 0 Å². The van der Waals surface area contributed by atoms with Gasteiger partial charge in [-0.1, -0.05) is 0 Å². The average molecular weight is 304 g/mol. The van der Waals surface area contributed by atoms with Gasteiger partial charge in [0.15, 0.2) is 0 Å². The van der Waals surface area contributed by atoms with Crippen LogP contribution in [0.2, 0.25) is 0 Å². The summed E-state index contributed by atoms with van der Waals surface area (Å²) in [7, 11) is 0. The van der Waals surface area contributed by atoms with Crippen molar-refractivity contribution < 1.29 is 0 Å². The fourth-order valence-electron chi connectivity index (χ4n) is 3.34. The van der Waals surface area contributed by atoms with Crippen molar-refractivity contribution in [3.63, 3.8) is 0 Å². The summed E-state index contributed by atoms with van der Waals surface area (Å²) in [6.45, 7) is 0. The molecule has 0 amide bonds. The zero-order chi connectivity index (χ0) is 11.7. The molecule has 16 heavy (non-hydrogen) atoms. The van der Waals surface area contributed by atoms with Crippen molar-refractivity contribution in [1.29, 1.82) is 0 Å². The van der Waals surface area contributed by atoms with Crippen LogP contribution >= 0.6 is 38.4 Å². The molecule has 0 heterocycles. The Balaban J connectivity index is 2.10. The Bertz CT molecular complexity index is 212. The summed E-state index contributed by atoms with van der Waals surface area (Å²) in [5.74, 6) is 0. The molecular formula is C12H22Cl3P. The number of rotatable bonds is 2. The third-order valence-corrected chi connectivity index (χ3v) is 12.9. The molecule has 0 N–H and O–H groups in total. The van der Waals surface area contributed by atoms with Crippen LogP contribution in [0.25, 0.3) is 0 Å². The van der Waals surface area contributed by atoms with Crippen molar-refractivity contribution in [2.75, 3.05) is 0 Å². The van der Waals surface area contributed by atoms with Gasteiger partial charge in [0.2, 0.25) is 0 Å². The first kappa shape index (κ1) is 13.7. The summed E-state index contributed by atoms with van der Waals surface area (Å²) >= 11 is 20.4. The molecule has 0 nitrogen and oxygen atoms in total. The standard InChI is InChI=1S/C12H22Cl3P/c13-16(14,15,11-7-3-1-4-8-11)12-9-5-2-6-10-12/h11-12H,1-10H2. The van der Waals surface area contributed by atoms with E-state index in [1.54, 1.807) is 0 Å². The van der Waals surface area contributed by atoms with Crippen LogP contribution in [-0.2, 0) is 0 Å². The van der Waals surface area contributed by atoms with Gasteiger partial charge in [0.05, 0.1) is 0 Å². The van der Waals surface area contributed by atoms with E-state index in [-0.39, 0.29) is 0 Å². The van der Waals surface area contributed by atoms with Gasteiger partial charge in [0.1, 0.15) is 0 Å². The minimum absolute atomic E-state index is 0.410. The van der Waals surface area contributed by atoms with Crippen LogP contribution in [0.3, 0.4) is 0 Å². The van der Waals surface area contributed by atoms with Crippen LogP contribution in [0.5, 0.6) is 0 Å². The molecule has 2 fully saturated rings. The van der Waals surface area contributed by atoms with E-state index < -0.39 is 4.66 Å². The van der Waals surface area contributed by atoms with Gasteiger partial charge in [0, 0.05) is 0 Å². The maximum atomic E-state index is 6.81. The van der Waals surface area contributed by atoms with Crippen molar-refractivity contribution in [2.45, 2.75) is 75.5 Å². The summed E-state index contributed by atoms with van der Waals surface area (Å²) in [5.41, 5.74) is 0.820. The monoisotopic (exact) mass is 302 g/mol. The quantitative estimate of drug-likeness (QED) is 0.500. The van der Waals surface area contributed by atoms with E-state index in [0.717, 1.165) is 25.7 Å². The Morgan fingerprint density at radius 2 is 0.875 bits per heavy atom. The zero-order valence-electron chi connectivity index (χ0n) is 9.81. The van der Waals surface area contributed by atoms with E-state index in [0.29, 0.717) is 11.3 Å². The molecule has 2 aliphatic carbocycles. The van der Waals surface area contributed by atoms with Crippen LogP contribution < -0.4 is 0 Å². The van der Waals surface area contributed by atoms with Crippen molar-refractivity contribution in [3.05, 3.63) is 0 Å². The minimum atomic E-state index is -2.96. The van der Waals surface area contributed by atoms with E-state index in [4.69, 9.17) is 33.7 Å². The molecule has 0 spiro atoms. The molecule has 0 aliphatic heterocycles. The molecule has 0 atom stereocenters. The van der Waals surface area contributed by atoms with Gasteiger partial charge in [-0.25, -0.2) is 0 Å². The molecule has 0 unspecified atom stereocenters. The molecule has 2 aliphatic rings. The van der Waals surface area contributed by atoms with Crippen LogP contribution in [0.4, 0.5) is 0 Å². The first-order chi connectivity index (χ1) is 7.49. The number of hydrogen-bond acceptors (Lipinski definition) is 0. The molecule has 0 aromatic heterocycles. The Morgan fingerprint density at radius 3 is 1.19 bits per heavy atom. The van der Waals surface area contributed by atoms with Gasteiger partial charge in [0.25, 0.3) is 0 Å². The molecule has 0 aromatic rings. The molecule has 96 valence electrons. The number of hydrogen-bond donors (Lipinski definition) is 0. The molecule has 0 aromatic carbocycles. The van der Waals surface area contributed by atoms with Crippen molar-refractivity contribution in [2.24, 2.45) is 0 Å². The topological polar surface area (TPSA) is 0 Å². The third-order valence-electron chi connectivity index (χ3n) is 4.40. The zero-order valence-corrected chi connectivity index (χ0v) is 13.0. The molecule has 0 saturated heterocycles. The Kier molecular flexibility index (Phi) is 4.39. The van der Waals surface area contributed by atoms with Crippen molar-refractivity contribution in [3.8, 4) is 0 Å². The predicted octanol–water partition coefficient (Wildman–Crippen LogP) is 6.67. The molecule has 2 rings (SSSR count). The van der Waals surface area contributed by atoms with Gasteiger partial charge in [-0.2, -0.15) is 0 Å². The third kappa shape index (κ3) is 2.82. The summed E-state index contributed by atoms with van der Waals surface area (Å²) in [4.78, 5) is 0. The second-order valence-corrected chi connectivity index (χ2v) is 16.9. The fraction of sp³-hybridized carbons (Fsp3) is 1.00. The molecule has 2 saturated carbocycles. The Hall–Kier alpha value is 1.30. The number of halogens is 3. The maximum absolute atomic E-state index is 6.81. The van der Waals surface area contributed by atoms with E-state index in [9.17, 15) is 0 Å². The first-order valence-corrected chi connectivity index (χ1v) is 11.7. The van der Waals surface area contributed by atoms with E-state index >= 15 is 0 Å². The summed E-state index contributed by atoms with van der Waals surface area (Å²) in [6, 6.07) is 0. The van der Waals surface area contributed by atoms with E-state index in [1.165, 1.54) is 38.5 Å². The average Bonchev–Trinajstić information content (AvgIpc) is 2.31. The van der Waals surface area contributed by atoms with Crippen LogP contribution in [-0.4, -0.2) is 11.3 Å². The SMILES string of the molecule is ClP(Cl)(Cl)(C1CCCCC1)C1CCCCC1. The van der Waals surface area contributed by atoms with Gasteiger partial charge >= 0.3 is 114 Å². The summed E-state index contributed by atoms with van der Waals surface area (Å²) < 4.78 is -2.96. The van der Waals surface area contributed by atoms with Crippen LogP contribution in [0, 0.1) is 0 Å². The Labute approximate surface area is 114 Å². The van der Waals surface area contributed by atoms with Crippen LogP contribution in [0.1, 0.15) is 64.2 Å². The molecule has 0 bridgehead atoms. The van der Waals surface area contributed by atoms with Gasteiger partial charge < -0.3 is 0 Å². The summed E-state index contributed by atoms with van der Waals surface area (Å²) in [6.07, 6.45) is 12.4. The first-order valence-electron chi connectivity index (χ1n) is 6.66. The van der Waals surface area contributed by atoms with Crippen molar-refractivity contribution >= 4 is 38.4 Å². The summed E-state index contributed by atoms with van der Waals surface area (Å²) in [5, 5.41) is 0. The van der Waals surface area contributed by atoms with Gasteiger partial charge in [-0.3, -0.25) is 0 Å². The van der Waals surface area contributed by atoms with Crippen molar-refractivity contribution in [1.82, 2.24) is 0 Å². The molecule has 0 radical (unpaired) electrons. The normalized spacial score (nSPS) is 28.6. The second-order valence-electron chi connectivity index (χ2n) is 5.51. The van der Waals surface area contributed by atoms with E-state index in [1.807, 2.05) is 0 Å². The second kappa shape index (κ2) is 5.12. The van der Waals surface area contributed by atoms with E-state index in [2.05, 4.69) is 0 Å². The molecule has 4 heteroatoms. The van der Waals surface area contributed by atoms with Gasteiger partial charge in [-0.15, -0.1) is 0 Å². The predicted molar refractivity (Wildman–Crippen MR) is 78.2 cm³/mol. The molecular weight excluding hydrogens is 281 g/mol. The van der Waals surface area contributed by atoms with Crippen LogP contribution in [0.15, 0.2) is 0 Å². The fourth-order valence-corrected chi connectivity index (χ4v) is 9.95. The Morgan fingerprint density at radius 1 is 0.562 bits per heavy atom.